The van der Waals surface area contributed by atoms with E-state index in [1.54, 1.807) is 0 Å². The summed E-state index contributed by atoms with van der Waals surface area (Å²) in [7, 11) is 1.95. The molecule has 0 radical (unpaired) electrons. The first-order chi connectivity index (χ1) is 8.24. The zero-order valence-electron chi connectivity index (χ0n) is 10.8. The predicted molar refractivity (Wildman–Crippen MR) is 71.4 cm³/mol. The van der Waals surface area contributed by atoms with Gasteiger partial charge in [0.1, 0.15) is 0 Å². The maximum Gasteiger partial charge on any atom is 0.0955 e. The Morgan fingerprint density at radius 3 is 2.65 bits per heavy atom. The van der Waals surface area contributed by atoms with Gasteiger partial charge < -0.3 is 9.64 Å². The van der Waals surface area contributed by atoms with E-state index < -0.39 is 0 Å². The molecule has 0 aliphatic carbocycles. The van der Waals surface area contributed by atoms with Crippen molar-refractivity contribution >= 4 is 5.84 Å². The van der Waals surface area contributed by atoms with Gasteiger partial charge in [0.05, 0.1) is 19.0 Å². The Bertz CT molecular complexity index is 324. The van der Waals surface area contributed by atoms with Crippen molar-refractivity contribution in [2.75, 3.05) is 20.2 Å². The Labute approximate surface area is 104 Å². The molecular formula is C14H22N2O. The van der Waals surface area contributed by atoms with Gasteiger partial charge in [0.2, 0.25) is 0 Å². The van der Waals surface area contributed by atoms with Gasteiger partial charge in [0.15, 0.2) is 0 Å². The van der Waals surface area contributed by atoms with Crippen LogP contribution < -0.4 is 0 Å². The Morgan fingerprint density at radius 2 is 2.00 bits per heavy atom. The highest BCUT2D eigenvalue weighted by molar-refractivity contribution is 5.78. The molecule has 17 heavy (non-hydrogen) atoms. The SMILES string of the molecule is CCCC(=N)N(C)CCOCc1ccccc1. The summed E-state index contributed by atoms with van der Waals surface area (Å²) in [5.74, 6) is 0.691. The van der Waals surface area contributed by atoms with Gasteiger partial charge in [-0.1, -0.05) is 37.3 Å². The first-order valence-corrected chi connectivity index (χ1v) is 6.14. The summed E-state index contributed by atoms with van der Waals surface area (Å²) in [6.07, 6.45) is 1.86. The fourth-order valence-corrected chi connectivity index (χ4v) is 1.53. The molecule has 0 amide bonds. The second kappa shape index (κ2) is 7.85. The molecule has 0 fully saturated rings. The number of nitrogens with one attached hydrogen (secondary N) is 1. The number of hydrogen-bond donors (Lipinski definition) is 1. The van der Waals surface area contributed by atoms with Gasteiger partial charge in [-0.15, -0.1) is 0 Å². The molecule has 0 aliphatic heterocycles. The third-order valence-corrected chi connectivity index (χ3v) is 2.63. The molecule has 0 atom stereocenters. The average molecular weight is 234 g/mol. The van der Waals surface area contributed by atoms with Crippen LogP contribution in [0.25, 0.3) is 0 Å². The average Bonchev–Trinajstić information content (AvgIpc) is 2.36. The van der Waals surface area contributed by atoms with Crippen LogP contribution in [0.15, 0.2) is 30.3 Å². The molecule has 3 nitrogen and oxygen atoms in total. The molecule has 1 N–H and O–H groups in total. The number of hydrogen-bond acceptors (Lipinski definition) is 2. The van der Waals surface area contributed by atoms with Gasteiger partial charge in [0.25, 0.3) is 0 Å². The van der Waals surface area contributed by atoms with Crippen LogP contribution in [0.2, 0.25) is 0 Å². The van der Waals surface area contributed by atoms with Crippen LogP contribution in [0, 0.1) is 5.41 Å². The Kier molecular flexibility index (Phi) is 6.33. The van der Waals surface area contributed by atoms with Gasteiger partial charge in [-0.2, -0.15) is 0 Å². The monoisotopic (exact) mass is 234 g/mol. The maximum atomic E-state index is 7.76. The van der Waals surface area contributed by atoms with Crippen molar-refractivity contribution in [1.29, 1.82) is 5.41 Å². The van der Waals surface area contributed by atoms with Crippen LogP contribution in [0.5, 0.6) is 0 Å². The molecule has 0 heterocycles. The van der Waals surface area contributed by atoms with E-state index in [2.05, 4.69) is 19.1 Å². The molecule has 0 spiro atoms. The van der Waals surface area contributed by atoms with Gasteiger partial charge >= 0.3 is 0 Å². The topological polar surface area (TPSA) is 36.3 Å². The molecule has 1 rings (SSSR count). The lowest BCUT2D eigenvalue weighted by Crippen LogP contribution is -2.29. The van der Waals surface area contributed by atoms with Crippen LogP contribution in [-0.2, 0) is 11.3 Å². The third-order valence-electron chi connectivity index (χ3n) is 2.63. The van der Waals surface area contributed by atoms with Gasteiger partial charge in [0, 0.05) is 20.0 Å². The molecular weight excluding hydrogens is 212 g/mol. The van der Waals surface area contributed by atoms with Gasteiger partial charge in [-0.3, -0.25) is 5.41 Å². The van der Waals surface area contributed by atoms with Crippen LogP contribution in [-0.4, -0.2) is 30.9 Å². The molecule has 0 saturated heterocycles. The van der Waals surface area contributed by atoms with E-state index in [1.165, 1.54) is 5.56 Å². The van der Waals surface area contributed by atoms with E-state index >= 15 is 0 Å². The smallest absolute Gasteiger partial charge is 0.0955 e. The molecule has 1 aromatic carbocycles. The van der Waals surface area contributed by atoms with Crippen LogP contribution in [0.1, 0.15) is 25.3 Å². The highest BCUT2D eigenvalue weighted by atomic mass is 16.5. The predicted octanol–water partition coefficient (Wildman–Crippen LogP) is 2.91. The second-order valence-electron chi connectivity index (χ2n) is 4.16. The van der Waals surface area contributed by atoms with E-state index in [0.717, 1.165) is 19.4 Å². The number of nitrogens with zero attached hydrogens (tertiary/aromatic N) is 1. The molecule has 3 heteroatoms. The molecule has 0 saturated carbocycles. The molecule has 0 aromatic heterocycles. The van der Waals surface area contributed by atoms with Crippen molar-refractivity contribution in [3.05, 3.63) is 35.9 Å². The lowest BCUT2D eigenvalue weighted by molar-refractivity contribution is 0.111. The fraction of sp³-hybridized carbons (Fsp3) is 0.500. The molecule has 0 unspecified atom stereocenters. The standard InChI is InChI=1S/C14H22N2O/c1-3-7-14(15)16(2)10-11-17-12-13-8-5-4-6-9-13/h4-6,8-9,15H,3,7,10-12H2,1-2H3. The summed E-state index contributed by atoms with van der Waals surface area (Å²) in [6, 6.07) is 10.2. The number of likely N-dealkylation sites (N-methyl/N-ethyl adjacent to an activating group) is 1. The summed E-state index contributed by atoms with van der Waals surface area (Å²) in [5.41, 5.74) is 1.19. The zero-order chi connectivity index (χ0) is 12.5. The van der Waals surface area contributed by atoms with E-state index in [4.69, 9.17) is 10.1 Å². The summed E-state index contributed by atoms with van der Waals surface area (Å²) in [5, 5.41) is 7.76. The lowest BCUT2D eigenvalue weighted by atomic mass is 10.2. The number of benzene rings is 1. The van der Waals surface area contributed by atoms with E-state index in [9.17, 15) is 0 Å². The van der Waals surface area contributed by atoms with Crippen molar-refractivity contribution in [2.45, 2.75) is 26.4 Å². The summed E-state index contributed by atoms with van der Waals surface area (Å²) < 4.78 is 5.58. The van der Waals surface area contributed by atoms with Crippen molar-refractivity contribution < 1.29 is 4.74 Å². The Balaban J connectivity index is 2.14. The van der Waals surface area contributed by atoms with Crippen LogP contribution >= 0.6 is 0 Å². The minimum Gasteiger partial charge on any atom is -0.375 e. The normalized spacial score (nSPS) is 10.2. The minimum absolute atomic E-state index is 0.649. The lowest BCUT2D eigenvalue weighted by Gasteiger charge is -2.19. The highest BCUT2D eigenvalue weighted by Gasteiger charge is 2.02. The van der Waals surface area contributed by atoms with Crippen molar-refractivity contribution in [1.82, 2.24) is 4.90 Å². The maximum absolute atomic E-state index is 7.76. The number of amidine groups is 1. The van der Waals surface area contributed by atoms with Crippen molar-refractivity contribution in [2.24, 2.45) is 0 Å². The Morgan fingerprint density at radius 1 is 1.29 bits per heavy atom. The third kappa shape index (κ3) is 5.50. The number of ether oxygens (including phenoxy) is 1. The van der Waals surface area contributed by atoms with E-state index in [-0.39, 0.29) is 0 Å². The van der Waals surface area contributed by atoms with Gasteiger partial charge in [-0.25, -0.2) is 0 Å². The Hall–Kier alpha value is -1.35. The fourth-order valence-electron chi connectivity index (χ4n) is 1.53. The molecule has 0 aliphatic rings. The summed E-state index contributed by atoms with van der Waals surface area (Å²) in [4.78, 5) is 1.95. The second-order valence-corrected chi connectivity index (χ2v) is 4.16. The van der Waals surface area contributed by atoms with E-state index in [0.29, 0.717) is 19.0 Å². The number of rotatable bonds is 7. The molecule has 0 bridgehead atoms. The first kappa shape index (κ1) is 13.7. The van der Waals surface area contributed by atoms with Crippen molar-refractivity contribution in [3.8, 4) is 0 Å². The quantitative estimate of drug-likeness (QED) is 0.447. The zero-order valence-corrected chi connectivity index (χ0v) is 10.8. The summed E-state index contributed by atoms with van der Waals surface area (Å²) >= 11 is 0. The largest absolute Gasteiger partial charge is 0.375 e. The van der Waals surface area contributed by atoms with Gasteiger partial charge in [-0.05, 0) is 12.0 Å². The summed E-state index contributed by atoms with van der Waals surface area (Å²) in [6.45, 7) is 4.19. The van der Waals surface area contributed by atoms with E-state index in [1.807, 2.05) is 30.1 Å². The van der Waals surface area contributed by atoms with Crippen LogP contribution in [0.3, 0.4) is 0 Å². The molecule has 94 valence electrons. The van der Waals surface area contributed by atoms with Crippen LogP contribution in [0.4, 0.5) is 0 Å². The molecule has 1 aromatic rings. The minimum atomic E-state index is 0.649. The van der Waals surface area contributed by atoms with Crippen molar-refractivity contribution in [3.63, 3.8) is 0 Å². The highest BCUT2D eigenvalue weighted by Crippen LogP contribution is 2.01. The first-order valence-electron chi connectivity index (χ1n) is 6.14.